The highest BCUT2D eigenvalue weighted by atomic mass is 32.2. The van der Waals surface area contributed by atoms with Gasteiger partial charge in [-0.25, -0.2) is 14.2 Å². The molecule has 2 N–H and O–H groups in total. The van der Waals surface area contributed by atoms with Crippen LogP contribution < -0.4 is 9.46 Å². The number of aliphatic hydroxyl groups is 1. The molecule has 2 aliphatic rings. The molecule has 0 aliphatic carbocycles. The smallest absolute Gasteiger partial charge is 0.410 e. The van der Waals surface area contributed by atoms with E-state index in [0.717, 1.165) is 42.1 Å². The Balaban J connectivity index is 1.40. The first kappa shape index (κ1) is 34.9. The van der Waals surface area contributed by atoms with Crippen molar-refractivity contribution in [3.8, 4) is 17.6 Å². The Morgan fingerprint density at radius 1 is 1.26 bits per heavy atom. The topological polar surface area (TPSA) is 148 Å². The Morgan fingerprint density at radius 2 is 1.96 bits per heavy atom. The lowest BCUT2D eigenvalue weighted by Crippen LogP contribution is -2.44. The van der Waals surface area contributed by atoms with Gasteiger partial charge in [-0.2, -0.15) is 18.0 Å². The molecule has 0 radical (unpaired) electrons. The Kier molecular flexibility index (Phi) is 10.5. The molecule has 0 aromatic heterocycles. The zero-order valence-electron chi connectivity index (χ0n) is 27.2. The van der Waals surface area contributed by atoms with Gasteiger partial charge in [-0.1, -0.05) is 13.8 Å². The molecule has 250 valence electrons. The third-order valence-electron chi connectivity index (χ3n) is 8.29. The zero-order chi connectivity index (χ0) is 33.9. The molecule has 4 rings (SSSR count). The summed E-state index contributed by atoms with van der Waals surface area (Å²) in [6.07, 6.45) is 3.65. The predicted molar refractivity (Wildman–Crippen MR) is 173 cm³/mol. The molecule has 2 aromatic rings. The number of halogens is 1. The van der Waals surface area contributed by atoms with Crippen LogP contribution in [-0.2, 0) is 14.9 Å². The van der Waals surface area contributed by atoms with E-state index in [-0.39, 0.29) is 35.1 Å². The largest absolute Gasteiger partial charge is 0.453 e. The summed E-state index contributed by atoms with van der Waals surface area (Å²) >= 11 is 0. The second-order valence-electron chi connectivity index (χ2n) is 13.0. The van der Waals surface area contributed by atoms with Gasteiger partial charge in [-0.05, 0) is 82.2 Å². The number of benzene rings is 2. The van der Waals surface area contributed by atoms with Crippen LogP contribution in [0.25, 0.3) is 0 Å². The zero-order valence-corrected chi connectivity index (χ0v) is 28.0. The van der Waals surface area contributed by atoms with Gasteiger partial charge in [0.05, 0.1) is 17.7 Å². The summed E-state index contributed by atoms with van der Waals surface area (Å²) in [5.74, 6) is -1.16. The quantitative estimate of drug-likeness (QED) is 0.322. The molecule has 1 saturated heterocycles. The Bertz CT molecular complexity index is 1610. The lowest BCUT2D eigenvalue weighted by molar-refractivity contribution is 0.00966. The lowest BCUT2D eigenvalue weighted by Gasteiger charge is -2.40. The number of aliphatic hydroxyl groups excluding tert-OH is 1. The van der Waals surface area contributed by atoms with Gasteiger partial charge in [0, 0.05) is 38.8 Å². The van der Waals surface area contributed by atoms with Crippen LogP contribution in [0, 0.1) is 22.6 Å². The van der Waals surface area contributed by atoms with E-state index in [9.17, 15) is 28.0 Å². The molecular formula is C32H43FN6O6S. The van der Waals surface area contributed by atoms with Crippen molar-refractivity contribution in [3.63, 3.8) is 0 Å². The maximum atomic E-state index is 14.9. The number of amides is 1. The predicted octanol–water partition coefficient (Wildman–Crippen LogP) is 5.88. The van der Waals surface area contributed by atoms with Crippen molar-refractivity contribution < 1.29 is 32.2 Å². The van der Waals surface area contributed by atoms with Crippen LogP contribution in [0.15, 0.2) is 35.3 Å². The molecule has 14 heteroatoms. The molecule has 0 bridgehead atoms. The summed E-state index contributed by atoms with van der Waals surface area (Å²) in [4.78, 5) is 20.4. The second-order valence-corrected chi connectivity index (χ2v) is 14.8. The van der Waals surface area contributed by atoms with Crippen LogP contribution in [0.3, 0.4) is 0 Å². The van der Waals surface area contributed by atoms with E-state index in [1.165, 1.54) is 19.2 Å². The van der Waals surface area contributed by atoms with Crippen LogP contribution >= 0.6 is 0 Å². The van der Waals surface area contributed by atoms with Crippen LogP contribution in [0.4, 0.5) is 20.6 Å². The number of anilines is 1. The second kappa shape index (κ2) is 13.8. The highest BCUT2D eigenvalue weighted by molar-refractivity contribution is 7.90. The van der Waals surface area contributed by atoms with Crippen molar-refractivity contribution in [1.29, 1.82) is 5.26 Å². The molecule has 1 fully saturated rings. The molecule has 1 amide bonds. The van der Waals surface area contributed by atoms with Crippen molar-refractivity contribution >= 4 is 34.0 Å². The third-order valence-corrected chi connectivity index (χ3v) is 9.85. The number of nitrogens with one attached hydrogen (secondary N) is 1. The minimum Gasteiger partial charge on any atom is -0.453 e. The summed E-state index contributed by atoms with van der Waals surface area (Å²) in [5.41, 5.74) is 0.0235. The van der Waals surface area contributed by atoms with E-state index in [4.69, 9.17) is 9.47 Å². The summed E-state index contributed by atoms with van der Waals surface area (Å²) in [5, 5.41) is 21.0. The Morgan fingerprint density at radius 3 is 2.59 bits per heavy atom. The third kappa shape index (κ3) is 8.26. The van der Waals surface area contributed by atoms with E-state index < -0.39 is 33.6 Å². The minimum atomic E-state index is -3.98. The average Bonchev–Trinajstić information content (AvgIpc) is 2.99. The molecule has 2 aliphatic heterocycles. The number of likely N-dealkylation sites (tertiary alicyclic amines) is 1. The van der Waals surface area contributed by atoms with Crippen molar-refractivity contribution in [3.05, 3.63) is 47.3 Å². The molecule has 2 aromatic carbocycles. The summed E-state index contributed by atoms with van der Waals surface area (Å²) in [7, 11) is -2.60. The molecular weight excluding hydrogens is 615 g/mol. The number of ether oxygens (including phenoxy) is 2. The molecule has 0 spiro atoms. The first-order valence-corrected chi connectivity index (χ1v) is 16.7. The highest BCUT2D eigenvalue weighted by Crippen LogP contribution is 2.40. The normalized spacial score (nSPS) is 17.8. The van der Waals surface area contributed by atoms with Gasteiger partial charge in [-0.3, -0.25) is 4.72 Å². The van der Waals surface area contributed by atoms with E-state index in [0.29, 0.717) is 30.9 Å². The van der Waals surface area contributed by atoms with Gasteiger partial charge in [-0.15, -0.1) is 0 Å². The summed E-state index contributed by atoms with van der Waals surface area (Å²) in [6.45, 7) is 11.4. The number of fused-ring (bicyclic) bond motifs is 1. The maximum absolute atomic E-state index is 14.9. The van der Waals surface area contributed by atoms with E-state index in [1.54, 1.807) is 29.1 Å². The fourth-order valence-electron chi connectivity index (χ4n) is 5.33. The van der Waals surface area contributed by atoms with Gasteiger partial charge < -0.3 is 24.4 Å². The van der Waals surface area contributed by atoms with Gasteiger partial charge in [0.1, 0.15) is 23.0 Å². The fraction of sp³-hybridized carbons (Fsp3) is 0.531. The van der Waals surface area contributed by atoms with E-state index in [1.807, 2.05) is 26.8 Å². The number of nitriles is 1. The Labute approximate surface area is 270 Å². The van der Waals surface area contributed by atoms with Gasteiger partial charge in [0.15, 0.2) is 17.8 Å². The number of rotatable bonds is 10. The Hall–Kier alpha value is -3.93. The summed E-state index contributed by atoms with van der Waals surface area (Å²) in [6, 6.07) is 8.69. The number of hydrogen-bond donors (Lipinski definition) is 2. The monoisotopic (exact) mass is 658 g/mol. The molecule has 46 heavy (non-hydrogen) atoms. The SMILES string of the molecule is CCN(C)S(=O)(=O)Nc1ccc(F)c(Oc2ccc3c(c2)C(O)N(CCCC2(C)CCN(C(=O)OC(C)(C)C)CC2)C=N3)c1C#N. The highest BCUT2D eigenvalue weighted by Gasteiger charge is 2.34. The number of hydrogen-bond acceptors (Lipinski definition) is 9. The van der Waals surface area contributed by atoms with Crippen molar-refractivity contribution in [2.75, 3.05) is 37.9 Å². The van der Waals surface area contributed by atoms with Crippen LogP contribution in [0.2, 0.25) is 0 Å². The number of carbonyl (C=O) groups is 1. The van der Waals surface area contributed by atoms with Crippen molar-refractivity contribution in [1.82, 2.24) is 14.1 Å². The van der Waals surface area contributed by atoms with Crippen LogP contribution in [0.5, 0.6) is 11.5 Å². The molecule has 12 nitrogen and oxygen atoms in total. The number of piperidine rings is 1. The fourth-order valence-corrected chi connectivity index (χ4v) is 6.27. The van der Waals surface area contributed by atoms with E-state index in [2.05, 4.69) is 16.6 Å². The first-order valence-electron chi connectivity index (χ1n) is 15.3. The molecule has 0 saturated carbocycles. The number of aliphatic imine (C=N–C) groups is 1. The van der Waals surface area contributed by atoms with Gasteiger partial charge >= 0.3 is 16.3 Å². The molecule has 1 unspecified atom stereocenters. The van der Waals surface area contributed by atoms with Crippen LogP contribution in [0.1, 0.15) is 77.7 Å². The number of nitrogens with zero attached hydrogens (tertiary/aromatic N) is 5. The van der Waals surface area contributed by atoms with Crippen molar-refractivity contribution in [2.45, 2.75) is 72.1 Å². The number of carbonyl (C=O) groups excluding carboxylic acids is 1. The van der Waals surface area contributed by atoms with Crippen molar-refractivity contribution in [2.24, 2.45) is 10.4 Å². The minimum absolute atomic E-state index is 0.0481. The van der Waals surface area contributed by atoms with Gasteiger partial charge in [0.25, 0.3) is 0 Å². The average molecular weight is 659 g/mol. The summed E-state index contributed by atoms with van der Waals surface area (Å²) < 4.78 is 54.7. The standard InChI is InChI=1S/C32H43FN6O6S/c1-7-37(6)46(42,43)36-27-12-10-25(33)28(24(27)20-34)44-22-9-11-26-23(19-22)29(40)39(21-35-26)16-8-13-32(5)14-17-38(18-15-32)30(41)45-31(2,3)4/h9-12,19,21,29,36,40H,7-8,13-18H2,1-6H3. The van der Waals surface area contributed by atoms with E-state index >= 15 is 0 Å². The maximum Gasteiger partial charge on any atom is 0.410 e. The molecule has 1 atom stereocenters. The van der Waals surface area contributed by atoms with Crippen LogP contribution in [-0.4, -0.2) is 78.9 Å². The molecule has 2 heterocycles. The lowest BCUT2D eigenvalue weighted by atomic mass is 9.77. The first-order chi connectivity index (χ1) is 21.6. The van der Waals surface area contributed by atoms with Gasteiger partial charge in [0.2, 0.25) is 0 Å².